The van der Waals surface area contributed by atoms with Gasteiger partial charge in [-0.2, -0.15) is 0 Å². The number of fused-ring (bicyclic) bond motifs is 7. The van der Waals surface area contributed by atoms with Crippen molar-refractivity contribution >= 4 is 54.2 Å². The Balaban J connectivity index is 2.23. The van der Waals surface area contributed by atoms with Crippen molar-refractivity contribution in [3.8, 4) is 0 Å². The lowest BCUT2D eigenvalue weighted by atomic mass is 10.1. The molecular formula is C20H11BrN2O. The number of hydrogen-bond donors (Lipinski definition) is 0. The number of pyridine rings is 1. The van der Waals surface area contributed by atoms with Gasteiger partial charge in [0.15, 0.2) is 0 Å². The molecule has 0 aliphatic heterocycles. The van der Waals surface area contributed by atoms with Crippen LogP contribution in [0.2, 0.25) is 0 Å². The van der Waals surface area contributed by atoms with Crippen LogP contribution in [-0.2, 0) is 0 Å². The molecule has 0 aliphatic carbocycles. The van der Waals surface area contributed by atoms with Gasteiger partial charge in [-0.1, -0.05) is 52.3 Å². The van der Waals surface area contributed by atoms with E-state index in [4.69, 9.17) is 4.98 Å². The molecule has 0 fully saturated rings. The lowest BCUT2D eigenvalue weighted by Gasteiger charge is -2.12. The molecule has 2 heterocycles. The van der Waals surface area contributed by atoms with Crippen molar-refractivity contribution in [2.24, 2.45) is 0 Å². The summed E-state index contributed by atoms with van der Waals surface area (Å²) < 4.78 is 2.70. The van der Waals surface area contributed by atoms with Crippen LogP contribution in [0, 0.1) is 0 Å². The fourth-order valence-corrected chi connectivity index (χ4v) is 3.73. The highest BCUT2D eigenvalue weighted by Gasteiger charge is 2.13. The van der Waals surface area contributed by atoms with Crippen LogP contribution < -0.4 is 5.56 Å². The van der Waals surface area contributed by atoms with E-state index in [1.807, 2.05) is 60.7 Å². The van der Waals surface area contributed by atoms with Gasteiger partial charge in [0.05, 0.1) is 16.4 Å². The largest absolute Gasteiger partial charge is 0.268 e. The monoisotopic (exact) mass is 374 g/mol. The maximum absolute atomic E-state index is 13.1. The van der Waals surface area contributed by atoms with Gasteiger partial charge in [-0.25, -0.2) is 4.98 Å². The molecule has 0 unspecified atom stereocenters. The minimum atomic E-state index is -0.0336. The first-order chi connectivity index (χ1) is 11.7. The minimum absolute atomic E-state index is 0.0336. The number of rotatable bonds is 0. The highest BCUT2D eigenvalue weighted by Crippen LogP contribution is 2.30. The van der Waals surface area contributed by atoms with Gasteiger partial charge >= 0.3 is 0 Å². The van der Waals surface area contributed by atoms with Crippen molar-refractivity contribution in [1.29, 1.82) is 0 Å². The van der Waals surface area contributed by atoms with Crippen LogP contribution >= 0.6 is 15.9 Å². The van der Waals surface area contributed by atoms with Crippen LogP contribution in [0.4, 0.5) is 0 Å². The predicted molar refractivity (Wildman–Crippen MR) is 102 cm³/mol. The second-order valence-corrected chi connectivity index (χ2v) is 6.72. The van der Waals surface area contributed by atoms with E-state index in [0.29, 0.717) is 11.0 Å². The Labute approximate surface area is 145 Å². The van der Waals surface area contributed by atoms with Crippen LogP contribution in [0.5, 0.6) is 0 Å². The minimum Gasteiger partial charge on any atom is -0.268 e. The first-order valence-electron chi connectivity index (χ1n) is 7.65. The average Bonchev–Trinajstić information content (AvgIpc) is 2.62. The van der Waals surface area contributed by atoms with Gasteiger partial charge in [0.25, 0.3) is 5.56 Å². The fourth-order valence-electron chi connectivity index (χ4n) is 3.37. The van der Waals surface area contributed by atoms with Gasteiger partial charge in [-0.05, 0) is 35.7 Å². The molecule has 24 heavy (non-hydrogen) atoms. The second kappa shape index (κ2) is 4.89. The summed E-state index contributed by atoms with van der Waals surface area (Å²) in [5.74, 6) is 0. The highest BCUT2D eigenvalue weighted by atomic mass is 79.9. The highest BCUT2D eigenvalue weighted by molar-refractivity contribution is 9.10. The summed E-state index contributed by atoms with van der Waals surface area (Å²) in [5, 5.41) is 3.74. The van der Waals surface area contributed by atoms with Crippen LogP contribution in [0.3, 0.4) is 0 Å². The van der Waals surface area contributed by atoms with Crippen molar-refractivity contribution < 1.29 is 0 Å². The zero-order valence-electron chi connectivity index (χ0n) is 12.5. The zero-order chi connectivity index (χ0) is 16.3. The van der Waals surface area contributed by atoms with Crippen molar-refractivity contribution in [2.45, 2.75) is 0 Å². The molecule has 3 nitrogen and oxygen atoms in total. The van der Waals surface area contributed by atoms with Crippen molar-refractivity contribution in [1.82, 2.24) is 9.38 Å². The topological polar surface area (TPSA) is 34.4 Å². The molecule has 0 atom stereocenters. The first kappa shape index (κ1) is 13.7. The molecule has 2 aromatic heterocycles. The molecule has 0 saturated carbocycles. The third-order valence-corrected chi connectivity index (χ3v) is 4.93. The first-order valence-corrected chi connectivity index (χ1v) is 8.45. The summed E-state index contributed by atoms with van der Waals surface area (Å²) >= 11 is 3.54. The molecule has 0 aliphatic rings. The predicted octanol–water partition coefficient (Wildman–Crippen LogP) is 4.92. The van der Waals surface area contributed by atoms with Gasteiger partial charge in [0.1, 0.15) is 5.65 Å². The lowest BCUT2D eigenvalue weighted by molar-refractivity contribution is 1.14. The number of nitrogens with zero attached hydrogens (tertiary/aromatic N) is 2. The third-order valence-electron chi connectivity index (χ3n) is 4.43. The van der Waals surface area contributed by atoms with Crippen LogP contribution in [-0.4, -0.2) is 9.38 Å². The number of hydrogen-bond acceptors (Lipinski definition) is 2. The van der Waals surface area contributed by atoms with Crippen LogP contribution in [0.1, 0.15) is 0 Å². The van der Waals surface area contributed by atoms with Gasteiger partial charge < -0.3 is 0 Å². The summed E-state index contributed by atoms with van der Waals surface area (Å²) in [7, 11) is 0. The summed E-state index contributed by atoms with van der Waals surface area (Å²) in [6.45, 7) is 0. The molecule has 0 amide bonds. The van der Waals surface area contributed by atoms with E-state index in [-0.39, 0.29) is 5.56 Å². The fraction of sp³-hybridized carbons (Fsp3) is 0. The van der Waals surface area contributed by atoms with E-state index in [1.54, 1.807) is 4.40 Å². The lowest BCUT2D eigenvalue weighted by Crippen LogP contribution is -2.16. The Morgan fingerprint density at radius 2 is 1.54 bits per heavy atom. The quantitative estimate of drug-likeness (QED) is 0.285. The van der Waals surface area contributed by atoms with E-state index in [2.05, 4.69) is 22.0 Å². The van der Waals surface area contributed by atoms with E-state index < -0.39 is 0 Å². The molecule has 0 saturated heterocycles. The van der Waals surface area contributed by atoms with Crippen LogP contribution in [0.25, 0.3) is 38.2 Å². The maximum Gasteiger partial charge on any atom is 0.266 e. The number of halogens is 1. The Morgan fingerprint density at radius 3 is 2.42 bits per heavy atom. The second-order valence-electron chi connectivity index (χ2n) is 5.80. The Bertz CT molecular complexity index is 1340. The Morgan fingerprint density at radius 1 is 0.792 bits per heavy atom. The summed E-state index contributed by atoms with van der Waals surface area (Å²) in [4.78, 5) is 17.9. The molecule has 0 N–H and O–H groups in total. The van der Waals surface area contributed by atoms with Gasteiger partial charge in [0.2, 0.25) is 0 Å². The number of benzene rings is 3. The normalized spacial score (nSPS) is 11.7. The molecule has 4 heteroatoms. The summed E-state index contributed by atoms with van der Waals surface area (Å²) in [5.41, 5.74) is 2.26. The molecule has 5 aromatic rings. The molecule has 0 radical (unpaired) electrons. The smallest absolute Gasteiger partial charge is 0.266 e. The van der Waals surface area contributed by atoms with Crippen molar-refractivity contribution in [3.63, 3.8) is 0 Å². The third kappa shape index (κ3) is 1.77. The molecule has 114 valence electrons. The maximum atomic E-state index is 13.1. The Kier molecular flexibility index (Phi) is 2.79. The van der Waals surface area contributed by atoms with E-state index in [1.165, 1.54) is 0 Å². The molecular weight excluding hydrogens is 364 g/mol. The molecule has 3 aromatic carbocycles. The molecule has 5 rings (SSSR count). The van der Waals surface area contributed by atoms with Gasteiger partial charge in [-0.3, -0.25) is 9.20 Å². The zero-order valence-corrected chi connectivity index (χ0v) is 14.1. The van der Waals surface area contributed by atoms with E-state index in [9.17, 15) is 4.79 Å². The van der Waals surface area contributed by atoms with Gasteiger partial charge in [0, 0.05) is 15.2 Å². The van der Waals surface area contributed by atoms with Crippen LogP contribution in [0.15, 0.2) is 76.0 Å². The Hall–Kier alpha value is -2.72. The standard InChI is InChI=1S/C20H11BrN2O/c21-12-9-10-13-14-5-2-4-8-18(14)23-19(16(13)11-12)22-17-7-3-1-6-15(17)20(23)24/h1-11H. The van der Waals surface area contributed by atoms with E-state index >= 15 is 0 Å². The molecule has 0 spiro atoms. The summed E-state index contributed by atoms with van der Waals surface area (Å²) in [6.07, 6.45) is 0. The SMILES string of the molecule is O=c1c2ccccc2nc2c3cc(Br)ccc3c3ccccc3n12. The van der Waals surface area contributed by atoms with E-state index in [0.717, 1.165) is 31.7 Å². The van der Waals surface area contributed by atoms with Crippen molar-refractivity contribution in [2.75, 3.05) is 0 Å². The number of para-hydroxylation sites is 2. The summed E-state index contributed by atoms with van der Waals surface area (Å²) in [6, 6.07) is 21.6. The molecule has 0 bridgehead atoms. The van der Waals surface area contributed by atoms with Gasteiger partial charge in [-0.15, -0.1) is 0 Å². The number of aromatic nitrogens is 2. The average molecular weight is 375 g/mol. The van der Waals surface area contributed by atoms with Crippen molar-refractivity contribution in [3.05, 3.63) is 81.6 Å².